The van der Waals surface area contributed by atoms with Crippen molar-refractivity contribution in [3.05, 3.63) is 24.6 Å². The molecule has 1 aliphatic heterocycles. The van der Waals surface area contributed by atoms with Gasteiger partial charge in [0.2, 0.25) is 0 Å². The third-order valence-electron chi connectivity index (χ3n) is 3.22. The van der Waals surface area contributed by atoms with E-state index in [1.54, 1.807) is 10.9 Å². The summed E-state index contributed by atoms with van der Waals surface area (Å²) in [5.41, 5.74) is 2.07. The van der Waals surface area contributed by atoms with E-state index in [9.17, 15) is 4.39 Å². The molecule has 3 rings (SSSR count). The molecule has 1 aliphatic rings. The Balaban J connectivity index is 1.91. The van der Waals surface area contributed by atoms with Gasteiger partial charge >= 0.3 is 6.08 Å². The fourth-order valence-corrected chi connectivity index (χ4v) is 2.06. The molecular weight excluding hydrogens is 261 g/mol. The zero-order chi connectivity index (χ0) is 14.1. The minimum atomic E-state index is -0.767. The molecule has 0 radical (unpaired) electrons. The number of hydrogen-bond acceptors (Lipinski definition) is 5. The van der Waals surface area contributed by atoms with Crippen LogP contribution in [0.3, 0.4) is 0 Å². The molecule has 0 spiro atoms. The van der Waals surface area contributed by atoms with Crippen LogP contribution in [0.2, 0.25) is 0 Å². The van der Waals surface area contributed by atoms with Gasteiger partial charge in [0.1, 0.15) is 6.23 Å². The lowest BCUT2D eigenvalue weighted by Crippen LogP contribution is -2.24. The molecule has 106 valence electrons. The predicted octanol–water partition coefficient (Wildman–Crippen LogP) is 2.26. The van der Waals surface area contributed by atoms with Gasteiger partial charge in [-0.2, -0.15) is 14.4 Å². The quantitative estimate of drug-likeness (QED) is 0.671. The zero-order valence-corrected chi connectivity index (χ0v) is 11.3. The van der Waals surface area contributed by atoms with Crippen LogP contribution in [0.25, 0.3) is 11.2 Å². The highest BCUT2D eigenvalue weighted by atomic mass is 19.1. The Bertz CT molecular complexity index is 649. The Kier molecular flexibility index (Phi) is 3.35. The van der Waals surface area contributed by atoms with Gasteiger partial charge in [-0.3, -0.25) is 4.57 Å². The minimum Gasteiger partial charge on any atom is -0.368 e. The van der Waals surface area contributed by atoms with Gasteiger partial charge in [0, 0.05) is 13.0 Å². The predicted molar refractivity (Wildman–Crippen MR) is 72.8 cm³/mol. The first-order valence-electron chi connectivity index (χ1n) is 6.55. The maximum atomic E-state index is 13.6. The van der Waals surface area contributed by atoms with Crippen LogP contribution >= 0.6 is 0 Å². The number of rotatable bonds is 5. The summed E-state index contributed by atoms with van der Waals surface area (Å²) in [6, 6.07) is 0. The molecule has 1 saturated heterocycles. The second kappa shape index (κ2) is 5.16. The molecule has 2 aromatic heterocycles. The van der Waals surface area contributed by atoms with E-state index in [-0.39, 0.29) is 6.23 Å². The van der Waals surface area contributed by atoms with Crippen LogP contribution in [0.1, 0.15) is 26.0 Å². The fourth-order valence-electron chi connectivity index (χ4n) is 2.06. The van der Waals surface area contributed by atoms with Gasteiger partial charge in [-0.05, 0) is 13.3 Å². The molecule has 7 heteroatoms. The van der Waals surface area contributed by atoms with E-state index in [0.717, 1.165) is 18.4 Å². The maximum Gasteiger partial charge on any atom is 0.312 e. The summed E-state index contributed by atoms with van der Waals surface area (Å²) in [6.45, 7) is 7.12. The Morgan fingerprint density at radius 2 is 2.40 bits per heavy atom. The van der Waals surface area contributed by atoms with Crippen LogP contribution in [0.5, 0.6) is 0 Å². The van der Waals surface area contributed by atoms with Crippen molar-refractivity contribution in [3.8, 4) is 0 Å². The topological polar surface area (TPSA) is 64.9 Å². The smallest absolute Gasteiger partial charge is 0.312 e. The average Bonchev–Trinajstić information content (AvgIpc) is 2.70. The molecule has 0 amide bonds. The van der Waals surface area contributed by atoms with Crippen LogP contribution < -0.4 is 5.32 Å². The van der Waals surface area contributed by atoms with Crippen LogP contribution in [0.15, 0.2) is 18.5 Å². The first-order chi connectivity index (χ1) is 9.65. The Labute approximate surface area is 115 Å². The third-order valence-corrected chi connectivity index (χ3v) is 3.22. The molecule has 6 nitrogen and oxygen atoms in total. The number of aromatic nitrogens is 4. The minimum absolute atomic E-state index is 0.0995. The van der Waals surface area contributed by atoms with E-state index in [2.05, 4.69) is 26.8 Å². The molecule has 1 atom stereocenters. The normalized spacial score (nSPS) is 18.0. The van der Waals surface area contributed by atoms with Crippen molar-refractivity contribution in [1.29, 1.82) is 0 Å². The number of fused-ring (bicyclic) bond motifs is 1. The second-order valence-electron chi connectivity index (χ2n) is 4.91. The van der Waals surface area contributed by atoms with E-state index in [0.29, 0.717) is 30.1 Å². The van der Waals surface area contributed by atoms with Gasteiger partial charge < -0.3 is 10.1 Å². The highest BCUT2D eigenvalue weighted by Crippen LogP contribution is 2.28. The zero-order valence-electron chi connectivity index (χ0n) is 11.3. The molecule has 20 heavy (non-hydrogen) atoms. The maximum absolute atomic E-state index is 13.6. The highest BCUT2D eigenvalue weighted by molar-refractivity contribution is 5.82. The summed E-state index contributed by atoms with van der Waals surface area (Å²) in [5.74, 6) is 0.409. The lowest BCUT2D eigenvalue weighted by molar-refractivity contribution is -0.0974. The van der Waals surface area contributed by atoms with Crippen LogP contribution in [0.4, 0.5) is 10.2 Å². The van der Waals surface area contributed by atoms with Crippen molar-refractivity contribution in [1.82, 2.24) is 19.5 Å². The Morgan fingerprint density at radius 1 is 1.60 bits per heavy atom. The summed E-state index contributed by atoms with van der Waals surface area (Å²) < 4.78 is 20.7. The van der Waals surface area contributed by atoms with E-state index in [1.165, 1.54) is 0 Å². The van der Waals surface area contributed by atoms with Gasteiger partial charge in [0.25, 0.3) is 0 Å². The number of nitrogens with one attached hydrogen (secondary N) is 1. The number of halogens is 1. The molecule has 0 aromatic carbocycles. The van der Waals surface area contributed by atoms with Crippen molar-refractivity contribution in [2.24, 2.45) is 0 Å². The number of imidazole rings is 1. The van der Waals surface area contributed by atoms with Crippen molar-refractivity contribution >= 4 is 17.0 Å². The fraction of sp³-hybridized carbons (Fsp3) is 0.462. The van der Waals surface area contributed by atoms with Crippen LogP contribution in [0, 0.1) is 6.08 Å². The van der Waals surface area contributed by atoms with Gasteiger partial charge in [0.15, 0.2) is 17.0 Å². The van der Waals surface area contributed by atoms with Gasteiger partial charge in [-0.25, -0.2) is 4.98 Å². The second-order valence-corrected chi connectivity index (χ2v) is 4.91. The summed E-state index contributed by atoms with van der Waals surface area (Å²) in [6.07, 6.45) is 2.43. The third kappa shape index (κ3) is 2.36. The van der Waals surface area contributed by atoms with Gasteiger partial charge in [-0.15, -0.1) is 6.58 Å². The first-order valence-corrected chi connectivity index (χ1v) is 6.55. The summed E-state index contributed by atoms with van der Waals surface area (Å²) in [7, 11) is 0. The Hall–Kier alpha value is -2.02. The molecule has 0 bridgehead atoms. The van der Waals surface area contributed by atoms with Crippen molar-refractivity contribution in [2.75, 3.05) is 18.5 Å². The number of ether oxygens (including phenoxy) is 1. The van der Waals surface area contributed by atoms with Crippen molar-refractivity contribution < 1.29 is 9.13 Å². The van der Waals surface area contributed by atoms with Crippen molar-refractivity contribution in [2.45, 2.75) is 26.0 Å². The van der Waals surface area contributed by atoms with Crippen LogP contribution in [-0.4, -0.2) is 32.7 Å². The van der Waals surface area contributed by atoms with Gasteiger partial charge in [0.05, 0.1) is 12.9 Å². The first kappa shape index (κ1) is 13.0. The summed E-state index contributed by atoms with van der Waals surface area (Å²) in [5, 5.41) is 3.08. The molecule has 1 unspecified atom stereocenters. The standard InChI is InChI=1S/C13H16FN5O/c1-8(2)3-5-15-11-10-12(18-13(14)17-11)19(7-16-10)9-4-6-20-9/h7,9H,1,3-6H2,2H3,(H,15,17,18). The molecule has 3 heterocycles. The Morgan fingerprint density at radius 3 is 3.05 bits per heavy atom. The number of hydrogen-bond donors (Lipinski definition) is 1. The summed E-state index contributed by atoms with van der Waals surface area (Å²) >= 11 is 0. The van der Waals surface area contributed by atoms with Gasteiger partial charge in [-0.1, -0.05) is 5.57 Å². The van der Waals surface area contributed by atoms with E-state index >= 15 is 0 Å². The molecule has 0 saturated carbocycles. The van der Waals surface area contributed by atoms with Crippen LogP contribution in [-0.2, 0) is 4.74 Å². The summed E-state index contributed by atoms with van der Waals surface area (Å²) in [4.78, 5) is 11.9. The largest absolute Gasteiger partial charge is 0.368 e. The SMILES string of the molecule is C=C(C)CCNc1nc(F)nc2c1ncn2C1CCO1. The lowest BCUT2D eigenvalue weighted by Gasteiger charge is -2.27. The highest BCUT2D eigenvalue weighted by Gasteiger charge is 2.24. The number of anilines is 1. The van der Waals surface area contributed by atoms with E-state index < -0.39 is 6.08 Å². The molecule has 1 N–H and O–H groups in total. The molecular formula is C13H16FN5O. The average molecular weight is 277 g/mol. The lowest BCUT2D eigenvalue weighted by atomic mass is 10.2. The van der Waals surface area contributed by atoms with Crippen molar-refractivity contribution in [3.63, 3.8) is 0 Å². The van der Waals surface area contributed by atoms with E-state index in [1.807, 2.05) is 6.92 Å². The number of nitrogens with zero attached hydrogens (tertiary/aromatic N) is 4. The monoisotopic (exact) mass is 277 g/mol. The van der Waals surface area contributed by atoms with E-state index in [4.69, 9.17) is 4.74 Å². The molecule has 0 aliphatic carbocycles. The molecule has 1 fully saturated rings. The molecule has 2 aromatic rings.